The van der Waals surface area contributed by atoms with E-state index in [9.17, 15) is 8.42 Å². The van der Waals surface area contributed by atoms with Gasteiger partial charge < -0.3 is 0 Å². The Kier molecular flexibility index (Phi) is 4.13. The largest absolute Gasteiger partial charge is 0.262 e. The Morgan fingerprint density at radius 3 is 2.31 bits per heavy atom. The van der Waals surface area contributed by atoms with E-state index in [1.54, 1.807) is 13.0 Å². The molecule has 0 bridgehead atoms. The van der Waals surface area contributed by atoms with Crippen molar-refractivity contribution in [2.45, 2.75) is 13.5 Å². The molecular weight excluding hydrogens is 342 g/mol. The molecular formula is C22H19NO2S. The maximum Gasteiger partial charge on any atom is 0.260 e. The predicted molar refractivity (Wildman–Crippen MR) is 107 cm³/mol. The van der Waals surface area contributed by atoms with E-state index in [4.69, 9.17) is 0 Å². The summed E-state index contributed by atoms with van der Waals surface area (Å²) >= 11 is 0. The van der Waals surface area contributed by atoms with E-state index in [2.05, 4.69) is 18.2 Å². The summed E-state index contributed by atoms with van der Waals surface area (Å²) in [5, 5.41) is 0. The highest BCUT2D eigenvalue weighted by Crippen LogP contribution is 2.35. The van der Waals surface area contributed by atoms with E-state index in [0.29, 0.717) is 11.4 Å². The van der Waals surface area contributed by atoms with Crippen LogP contribution in [0.4, 0.5) is 5.69 Å². The number of fused-ring (bicyclic) bond motifs is 1. The lowest BCUT2D eigenvalue weighted by atomic mass is 10.0. The topological polar surface area (TPSA) is 37.4 Å². The molecule has 3 aromatic rings. The first kappa shape index (κ1) is 16.6. The number of hydrogen-bond donors (Lipinski definition) is 0. The minimum Gasteiger partial charge on any atom is -0.262 e. The van der Waals surface area contributed by atoms with Gasteiger partial charge in [-0.2, -0.15) is 0 Å². The van der Waals surface area contributed by atoms with E-state index in [1.807, 2.05) is 60.7 Å². The lowest BCUT2D eigenvalue weighted by Gasteiger charge is -2.30. The molecule has 130 valence electrons. The molecule has 1 aliphatic rings. The summed E-state index contributed by atoms with van der Waals surface area (Å²) < 4.78 is 27.3. The fourth-order valence-corrected chi connectivity index (χ4v) is 4.62. The van der Waals surface area contributed by atoms with Crippen molar-refractivity contribution in [3.8, 4) is 11.1 Å². The number of allylic oxidation sites excluding steroid dienone is 1. The molecule has 3 nitrogen and oxygen atoms in total. The predicted octanol–water partition coefficient (Wildman–Crippen LogP) is 5.06. The van der Waals surface area contributed by atoms with E-state index in [-0.39, 0.29) is 0 Å². The lowest BCUT2D eigenvalue weighted by Crippen LogP contribution is -2.33. The van der Waals surface area contributed by atoms with Gasteiger partial charge in [-0.1, -0.05) is 66.7 Å². The maximum absolute atomic E-state index is 12.9. The van der Waals surface area contributed by atoms with Gasteiger partial charge in [-0.05, 0) is 47.4 Å². The van der Waals surface area contributed by atoms with Gasteiger partial charge in [0.05, 0.1) is 17.1 Å². The van der Waals surface area contributed by atoms with Crippen LogP contribution in [-0.2, 0) is 16.6 Å². The fourth-order valence-electron chi connectivity index (χ4n) is 3.25. The first-order valence-electron chi connectivity index (χ1n) is 8.50. The monoisotopic (exact) mass is 361 g/mol. The van der Waals surface area contributed by atoms with Crippen LogP contribution in [0.25, 0.3) is 17.2 Å². The van der Waals surface area contributed by atoms with Crippen molar-refractivity contribution in [1.82, 2.24) is 0 Å². The second-order valence-electron chi connectivity index (χ2n) is 6.39. The highest BCUT2D eigenvalue weighted by molar-refractivity contribution is 7.96. The van der Waals surface area contributed by atoms with Crippen molar-refractivity contribution in [1.29, 1.82) is 0 Å². The van der Waals surface area contributed by atoms with Crippen LogP contribution in [0, 0.1) is 0 Å². The van der Waals surface area contributed by atoms with Crippen LogP contribution in [0.2, 0.25) is 0 Å². The van der Waals surface area contributed by atoms with Gasteiger partial charge >= 0.3 is 0 Å². The van der Waals surface area contributed by atoms with Crippen LogP contribution in [0.1, 0.15) is 18.1 Å². The fraction of sp³-hybridized carbons (Fsp3) is 0.0909. The number of para-hydroxylation sites is 1. The molecule has 0 unspecified atom stereocenters. The molecule has 0 atom stereocenters. The standard InChI is InChI=1S/C22H19NO2S/c1-17-14-21-11-5-6-13-22(21)23(26(17,24)25)16-18-8-7-12-20(15-18)19-9-3-2-4-10-19/h2-15H,16H2,1H3. The molecule has 0 N–H and O–H groups in total. The van der Waals surface area contributed by atoms with Crippen molar-refractivity contribution in [2.24, 2.45) is 0 Å². The lowest BCUT2D eigenvalue weighted by molar-refractivity contribution is 0.596. The van der Waals surface area contributed by atoms with E-state index in [0.717, 1.165) is 27.9 Å². The average Bonchev–Trinajstić information content (AvgIpc) is 2.67. The molecule has 26 heavy (non-hydrogen) atoms. The molecule has 0 aliphatic carbocycles. The minimum atomic E-state index is -3.50. The molecule has 1 aliphatic heterocycles. The zero-order chi connectivity index (χ0) is 18.1. The molecule has 0 saturated carbocycles. The Bertz CT molecular complexity index is 1090. The number of anilines is 1. The Balaban J connectivity index is 1.74. The summed E-state index contributed by atoms with van der Waals surface area (Å²) in [5.41, 5.74) is 4.81. The third kappa shape index (κ3) is 2.93. The zero-order valence-electron chi connectivity index (χ0n) is 14.5. The van der Waals surface area contributed by atoms with Crippen molar-refractivity contribution in [2.75, 3.05) is 4.31 Å². The summed E-state index contributed by atoms with van der Waals surface area (Å²) in [5.74, 6) is 0. The summed E-state index contributed by atoms with van der Waals surface area (Å²) in [6, 6.07) is 25.7. The van der Waals surface area contributed by atoms with Crippen LogP contribution in [0.15, 0.2) is 83.8 Å². The number of hydrogen-bond acceptors (Lipinski definition) is 2. The minimum absolute atomic E-state index is 0.311. The van der Waals surface area contributed by atoms with Gasteiger partial charge in [0.2, 0.25) is 0 Å². The molecule has 0 aromatic heterocycles. The van der Waals surface area contributed by atoms with Gasteiger partial charge in [0, 0.05) is 0 Å². The van der Waals surface area contributed by atoms with E-state index in [1.165, 1.54) is 4.31 Å². The van der Waals surface area contributed by atoms with E-state index < -0.39 is 10.0 Å². The highest BCUT2D eigenvalue weighted by Gasteiger charge is 2.30. The SMILES string of the molecule is CC1=Cc2ccccc2N(Cc2cccc(-c3ccccc3)c2)S1(=O)=O. The molecule has 4 heteroatoms. The molecule has 0 radical (unpaired) electrons. The van der Waals surface area contributed by atoms with Gasteiger partial charge in [-0.3, -0.25) is 4.31 Å². The van der Waals surface area contributed by atoms with Gasteiger partial charge in [-0.15, -0.1) is 0 Å². The molecule has 1 heterocycles. The summed E-state index contributed by atoms with van der Waals surface area (Å²) in [6.07, 6.45) is 1.74. The van der Waals surface area contributed by atoms with Gasteiger partial charge in [0.1, 0.15) is 0 Å². The quantitative estimate of drug-likeness (QED) is 0.653. The normalized spacial score (nSPS) is 15.3. The summed E-state index contributed by atoms with van der Waals surface area (Å²) in [4.78, 5) is 0.371. The number of sulfonamides is 1. The van der Waals surface area contributed by atoms with Crippen molar-refractivity contribution < 1.29 is 8.42 Å². The third-order valence-electron chi connectivity index (χ3n) is 4.62. The van der Waals surface area contributed by atoms with Gasteiger partial charge in [0.25, 0.3) is 10.0 Å². The maximum atomic E-state index is 12.9. The Hall–Kier alpha value is -2.85. The van der Waals surface area contributed by atoms with Gasteiger partial charge in [0.15, 0.2) is 0 Å². The molecule has 0 saturated heterocycles. The second kappa shape index (κ2) is 6.46. The highest BCUT2D eigenvalue weighted by atomic mass is 32.2. The Labute approximate surface area is 154 Å². The molecule has 0 fully saturated rings. The van der Waals surface area contributed by atoms with Crippen molar-refractivity contribution >= 4 is 21.8 Å². The Morgan fingerprint density at radius 2 is 1.50 bits per heavy atom. The Morgan fingerprint density at radius 1 is 0.808 bits per heavy atom. The van der Waals surface area contributed by atoms with E-state index >= 15 is 0 Å². The smallest absolute Gasteiger partial charge is 0.260 e. The third-order valence-corrected chi connectivity index (χ3v) is 6.46. The van der Waals surface area contributed by atoms with Crippen molar-refractivity contribution in [3.63, 3.8) is 0 Å². The number of nitrogens with zero attached hydrogens (tertiary/aromatic N) is 1. The summed E-state index contributed by atoms with van der Waals surface area (Å²) in [6.45, 7) is 1.96. The van der Waals surface area contributed by atoms with Crippen LogP contribution in [-0.4, -0.2) is 8.42 Å². The zero-order valence-corrected chi connectivity index (χ0v) is 15.3. The molecule has 0 spiro atoms. The first-order valence-corrected chi connectivity index (χ1v) is 9.94. The van der Waals surface area contributed by atoms with Gasteiger partial charge in [-0.25, -0.2) is 8.42 Å². The van der Waals surface area contributed by atoms with Crippen molar-refractivity contribution in [3.05, 3.63) is 94.9 Å². The summed E-state index contributed by atoms with van der Waals surface area (Å²) in [7, 11) is -3.50. The average molecular weight is 361 g/mol. The van der Waals surface area contributed by atoms with Crippen LogP contribution >= 0.6 is 0 Å². The van der Waals surface area contributed by atoms with Crippen LogP contribution in [0.5, 0.6) is 0 Å². The van der Waals surface area contributed by atoms with Crippen LogP contribution < -0.4 is 4.31 Å². The molecule has 3 aromatic carbocycles. The number of rotatable bonds is 3. The first-order chi connectivity index (χ1) is 12.6. The second-order valence-corrected chi connectivity index (χ2v) is 8.43. The molecule has 4 rings (SSSR count). The van der Waals surface area contributed by atoms with Crippen LogP contribution in [0.3, 0.4) is 0 Å². The number of benzene rings is 3. The molecule has 0 amide bonds.